The van der Waals surface area contributed by atoms with Crippen molar-refractivity contribution in [1.29, 1.82) is 0 Å². The summed E-state index contributed by atoms with van der Waals surface area (Å²) in [5.41, 5.74) is 5.76. The lowest BCUT2D eigenvalue weighted by Gasteiger charge is -2.35. The van der Waals surface area contributed by atoms with Crippen LogP contribution in [-0.2, 0) is 18.5 Å². The van der Waals surface area contributed by atoms with Crippen molar-refractivity contribution in [3.63, 3.8) is 0 Å². The van der Waals surface area contributed by atoms with Gasteiger partial charge in [0, 0.05) is 42.8 Å². The number of rotatable bonds is 2. The zero-order valence-electron chi connectivity index (χ0n) is 13.9. The molecule has 1 fully saturated rings. The molecule has 2 aliphatic rings. The first-order valence-corrected chi connectivity index (χ1v) is 8.95. The second-order valence-corrected chi connectivity index (χ2v) is 7.23. The van der Waals surface area contributed by atoms with E-state index in [0.717, 1.165) is 32.6 Å². The van der Waals surface area contributed by atoms with Gasteiger partial charge in [-0.25, -0.2) is 0 Å². The highest BCUT2D eigenvalue weighted by Gasteiger charge is 2.43. The average Bonchev–Trinajstić information content (AvgIpc) is 3.19. The Kier molecular flexibility index (Phi) is 3.25. The Labute approximate surface area is 142 Å². The molecular weight excluding hydrogens is 294 g/mol. The van der Waals surface area contributed by atoms with Crippen molar-refractivity contribution >= 4 is 10.9 Å². The van der Waals surface area contributed by atoms with Crippen LogP contribution in [0.3, 0.4) is 0 Å². The molecule has 0 bridgehead atoms. The van der Waals surface area contributed by atoms with Gasteiger partial charge in [0.05, 0.1) is 5.54 Å². The van der Waals surface area contributed by atoms with Gasteiger partial charge >= 0.3 is 0 Å². The molecule has 3 heteroatoms. The Balaban J connectivity index is 1.48. The predicted molar refractivity (Wildman–Crippen MR) is 98.0 cm³/mol. The maximum Gasteiger partial charge on any atom is 0.0730 e. The fourth-order valence-electron chi connectivity index (χ4n) is 4.60. The van der Waals surface area contributed by atoms with Gasteiger partial charge in [-0.3, -0.25) is 4.90 Å². The zero-order valence-corrected chi connectivity index (χ0v) is 13.9. The fourth-order valence-corrected chi connectivity index (χ4v) is 4.60. The van der Waals surface area contributed by atoms with E-state index in [9.17, 15) is 0 Å². The number of hydrogen-bond acceptors (Lipinski definition) is 2. The number of H-pyrrole nitrogens is 1. The summed E-state index contributed by atoms with van der Waals surface area (Å²) in [6.45, 7) is 4.35. The van der Waals surface area contributed by atoms with Gasteiger partial charge in [0.1, 0.15) is 0 Å². The van der Waals surface area contributed by atoms with Gasteiger partial charge in [0.15, 0.2) is 0 Å². The fraction of sp³-hybridized carbons (Fsp3) is 0.333. The number of nitrogens with zero attached hydrogens (tertiary/aromatic N) is 1. The third-order valence-electron chi connectivity index (χ3n) is 5.73. The molecular formula is C21H23N3. The Hall–Kier alpha value is -2.10. The van der Waals surface area contributed by atoms with E-state index >= 15 is 0 Å². The van der Waals surface area contributed by atoms with Crippen LogP contribution in [0.15, 0.2) is 54.6 Å². The molecule has 3 heterocycles. The maximum absolute atomic E-state index is 3.85. The molecule has 2 aliphatic heterocycles. The molecule has 1 unspecified atom stereocenters. The number of para-hydroxylation sites is 1. The smallest absolute Gasteiger partial charge is 0.0730 e. The molecule has 2 N–H and O–H groups in total. The minimum Gasteiger partial charge on any atom is -0.357 e. The summed E-state index contributed by atoms with van der Waals surface area (Å²) in [7, 11) is 0. The van der Waals surface area contributed by atoms with E-state index in [1.54, 1.807) is 0 Å². The van der Waals surface area contributed by atoms with Crippen molar-refractivity contribution in [2.45, 2.75) is 24.9 Å². The molecule has 1 spiro atoms. The number of likely N-dealkylation sites (tertiary alicyclic amines) is 1. The van der Waals surface area contributed by atoms with Gasteiger partial charge < -0.3 is 10.3 Å². The van der Waals surface area contributed by atoms with E-state index in [2.05, 4.69) is 69.8 Å². The standard InChI is InChI=1S/C21H23N3/c1-2-6-16(7-3-1)14-24-13-11-21(15-24)20-18(10-12-22-21)17-8-4-5-9-19(17)23-20/h1-9,22-23H,10-15H2. The van der Waals surface area contributed by atoms with Crippen molar-refractivity contribution < 1.29 is 0 Å². The highest BCUT2D eigenvalue weighted by molar-refractivity contribution is 5.85. The van der Waals surface area contributed by atoms with E-state index in [4.69, 9.17) is 0 Å². The van der Waals surface area contributed by atoms with Crippen molar-refractivity contribution in [2.24, 2.45) is 0 Å². The SMILES string of the molecule is c1ccc(CN2CCC3(C2)NCCc2c3[nH]c3ccccc23)cc1. The quantitative estimate of drug-likeness (QED) is 0.759. The Morgan fingerprint density at radius 1 is 1.00 bits per heavy atom. The molecule has 1 atom stereocenters. The van der Waals surface area contributed by atoms with Gasteiger partial charge in [-0.1, -0.05) is 48.5 Å². The largest absolute Gasteiger partial charge is 0.357 e. The van der Waals surface area contributed by atoms with E-state index in [-0.39, 0.29) is 5.54 Å². The second-order valence-electron chi connectivity index (χ2n) is 7.23. The molecule has 1 saturated heterocycles. The molecule has 2 aromatic carbocycles. The summed E-state index contributed by atoms with van der Waals surface area (Å²) in [6.07, 6.45) is 2.30. The molecule has 0 aliphatic carbocycles. The molecule has 0 saturated carbocycles. The van der Waals surface area contributed by atoms with Gasteiger partial charge in [-0.2, -0.15) is 0 Å². The first kappa shape index (κ1) is 14.3. The van der Waals surface area contributed by atoms with Crippen molar-refractivity contribution in [3.05, 3.63) is 71.4 Å². The number of aromatic nitrogens is 1. The minimum absolute atomic E-state index is 0.0986. The average molecular weight is 317 g/mol. The molecule has 0 amide bonds. The summed E-state index contributed by atoms with van der Waals surface area (Å²) in [4.78, 5) is 6.33. The van der Waals surface area contributed by atoms with Crippen LogP contribution in [0.4, 0.5) is 0 Å². The summed E-state index contributed by atoms with van der Waals surface area (Å²) >= 11 is 0. The summed E-state index contributed by atoms with van der Waals surface area (Å²) in [6, 6.07) is 19.6. The highest BCUT2D eigenvalue weighted by Crippen LogP contribution is 2.39. The van der Waals surface area contributed by atoms with E-state index < -0.39 is 0 Å². The summed E-state index contributed by atoms with van der Waals surface area (Å²) in [5, 5.41) is 5.27. The van der Waals surface area contributed by atoms with Crippen LogP contribution in [0.25, 0.3) is 10.9 Å². The molecule has 3 nitrogen and oxygen atoms in total. The van der Waals surface area contributed by atoms with Crippen LogP contribution in [0.5, 0.6) is 0 Å². The Morgan fingerprint density at radius 2 is 1.83 bits per heavy atom. The lowest BCUT2D eigenvalue weighted by molar-refractivity contribution is 0.265. The first-order valence-electron chi connectivity index (χ1n) is 8.95. The van der Waals surface area contributed by atoms with Gasteiger partial charge in [0.25, 0.3) is 0 Å². The molecule has 3 aromatic rings. The minimum atomic E-state index is 0.0986. The molecule has 0 radical (unpaired) electrons. The maximum atomic E-state index is 3.85. The van der Waals surface area contributed by atoms with Gasteiger partial charge in [-0.15, -0.1) is 0 Å². The third kappa shape index (κ3) is 2.20. The van der Waals surface area contributed by atoms with E-state index in [1.165, 1.54) is 34.1 Å². The lowest BCUT2D eigenvalue weighted by Crippen LogP contribution is -2.49. The number of hydrogen-bond donors (Lipinski definition) is 2. The van der Waals surface area contributed by atoms with Crippen LogP contribution in [0, 0.1) is 0 Å². The highest BCUT2D eigenvalue weighted by atomic mass is 15.2. The molecule has 1 aromatic heterocycles. The van der Waals surface area contributed by atoms with Crippen LogP contribution in [0.1, 0.15) is 23.2 Å². The predicted octanol–water partition coefficient (Wildman–Crippen LogP) is 3.41. The van der Waals surface area contributed by atoms with Crippen molar-refractivity contribution in [3.8, 4) is 0 Å². The van der Waals surface area contributed by atoms with Gasteiger partial charge in [-0.05, 0) is 30.0 Å². The Bertz CT molecular complexity index is 867. The van der Waals surface area contributed by atoms with Crippen molar-refractivity contribution in [2.75, 3.05) is 19.6 Å². The monoisotopic (exact) mass is 317 g/mol. The number of benzene rings is 2. The Morgan fingerprint density at radius 3 is 2.75 bits per heavy atom. The normalized spacial score (nSPS) is 23.8. The molecule has 5 rings (SSSR count). The van der Waals surface area contributed by atoms with Gasteiger partial charge in [0.2, 0.25) is 0 Å². The first-order chi connectivity index (χ1) is 11.8. The van der Waals surface area contributed by atoms with E-state index in [1.807, 2.05) is 0 Å². The topological polar surface area (TPSA) is 31.1 Å². The summed E-state index contributed by atoms with van der Waals surface area (Å²) < 4.78 is 0. The van der Waals surface area contributed by atoms with Crippen LogP contribution >= 0.6 is 0 Å². The third-order valence-corrected chi connectivity index (χ3v) is 5.73. The van der Waals surface area contributed by atoms with Crippen molar-refractivity contribution in [1.82, 2.24) is 15.2 Å². The lowest BCUT2D eigenvalue weighted by atomic mass is 9.86. The van der Waals surface area contributed by atoms with Crippen LogP contribution in [-0.4, -0.2) is 29.5 Å². The number of aromatic amines is 1. The second kappa shape index (κ2) is 5.47. The van der Waals surface area contributed by atoms with E-state index in [0.29, 0.717) is 0 Å². The van der Waals surface area contributed by atoms with Crippen LogP contribution < -0.4 is 5.32 Å². The molecule has 122 valence electrons. The molecule has 24 heavy (non-hydrogen) atoms. The summed E-state index contributed by atoms with van der Waals surface area (Å²) in [5.74, 6) is 0. The zero-order chi connectivity index (χ0) is 16.0. The van der Waals surface area contributed by atoms with Crippen LogP contribution in [0.2, 0.25) is 0 Å². The number of fused-ring (bicyclic) bond motifs is 4. The number of nitrogens with one attached hydrogen (secondary N) is 2.